The van der Waals surface area contributed by atoms with Crippen LogP contribution in [0.4, 0.5) is 0 Å². The number of carbonyl (C=O) groups is 1. The molecule has 0 spiro atoms. The monoisotopic (exact) mass is 538 g/mol. The van der Waals surface area contributed by atoms with Gasteiger partial charge in [0.15, 0.2) is 6.29 Å². The van der Waals surface area contributed by atoms with E-state index in [1.165, 1.54) is 6.92 Å². The highest BCUT2D eigenvalue weighted by Crippen LogP contribution is 2.30. The number of nitrogens with zero attached hydrogens (tertiary/aromatic N) is 3. The number of esters is 1. The van der Waals surface area contributed by atoms with E-state index in [4.69, 9.17) is 33.6 Å². The van der Waals surface area contributed by atoms with Crippen molar-refractivity contribution in [2.45, 2.75) is 117 Å². The second kappa shape index (κ2) is 20.8. The van der Waals surface area contributed by atoms with Crippen molar-refractivity contribution in [3.05, 3.63) is 10.4 Å². The Labute approximate surface area is 216 Å². The molecular formula is C23H47N4O8P. The van der Waals surface area contributed by atoms with Crippen LogP contribution in [0.1, 0.15) is 87.0 Å². The molecule has 0 aliphatic heterocycles. The fourth-order valence-electron chi connectivity index (χ4n) is 2.80. The molecule has 0 heterocycles. The molecule has 0 aliphatic rings. The van der Waals surface area contributed by atoms with E-state index in [-0.39, 0.29) is 13.2 Å². The van der Waals surface area contributed by atoms with Gasteiger partial charge in [-0.25, -0.2) is 4.62 Å². The standard InChI is InChI=1S/C23H47N4O8P/c1-8-12-14-30-16-20(25-27-24)22(34-36(29)35-26-23(7,10-3)11-4)33-21(17-31-15-13-9-2)18(5)32-19(6)28/h18,20-22,26,36H,8-17H2,1-7H3/t18-,20-,21?,22+/m0/s1. The lowest BCUT2D eigenvalue weighted by molar-refractivity contribution is -0.194. The first-order chi connectivity index (χ1) is 17.2. The van der Waals surface area contributed by atoms with Crippen LogP contribution in [-0.2, 0) is 37.5 Å². The maximum Gasteiger partial charge on any atom is 0.337 e. The molecule has 2 unspecified atom stereocenters. The van der Waals surface area contributed by atoms with Crippen LogP contribution in [-0.4, -0.2) is 62.5 Å². The predicted octanol–water partition coefficient (Wildman–Crippen LogP) is 5.47. The molecule has 1 N–H and O–H groups in total. The zero-order chi connectivity index (χ0) is 27.4. The Balaban J connectivity index is 5.70. The maximum absolute atomic E-state index is 12.8. The summed E-state index contributed by atoms with van der Waals surface area (Å²) >= 11 is 0. The van der Waals surface area contributed by atoms with Crippen LogP contribution in [0.5, 0.6) is 0 Å². The van der Waals surface area contributed by atoms with E-state index in [2.05, 4.69) is 15.5 Å². The highest BCUT2D eigenvalue weighted by molar-refractivity contribution is 7.33. The van der Waals surface area contributed by atoms with Crippen molar-refractivity contribution in [1.82, 2.24) is 5.48 Å². The topological polar surface area (TPSA) is 150 Å². The van der Waals surface area contributed by atoms with Crippen LogP contribution in [0.2, 0.25) is 0 Å². The Morgan fingerprint density at radius 1 is 1.08 bits per heavy atom. The molecule has 0 aromatic carbocycles. The Hall–Kier alpha value is -1.23. The highest BCUT2D eigenvalue weighted by Gasteiger charge is 2.32. The summed E-state index contributed by atoms with van der Waals surface area (Å²) in [7, 11) is -3.13. The molecule has 0 fully saturated rings. The van der Waals surface area contributed by atoms with Crippen molar-refractivity contribution in [1.29, 1.82) is 0 Å². The number of hydrogen-bond donors (Lipinski definition) is 1. The first kappa shape index (κ1) is 34.8. The minimum absolute atomic E-state index is 0.0235. The van der Waals surface area contributed by atoms with Crippen LogP contribution in [0.3, 0.4) is 0 Å². The fourth-order valence-corrected chi connectivity index (χ4v) is 3.58. The molecule has 12 nitrogen and oxygen atoms in total. The molecule has 0 aromatic heterocycles. The van der Waals surface area contributed by atoms with E-state index in [0.717, 1.165) is 38.5 Å². The van der Waals surface area contributed by atoms with Gasteiger partial charge in [-0.3, -0.25) is 13.9 Å². The first-order valence-electron chi connectivity index (χ1n) is 12.8. The first-order valence-corrected chi connectivity index (χ1v) is 14.1. The minimum atomic E-state index is -3.13. The van der Waals surface area contributed by atoms with Crippen molar-refractivity contribution in [2.24, 2.45) is 5.11 Å². The van der Waals surface area contributed by atoms with Crippen molar-refractivity contribution < 1.29 is 37.5 Å². The molecular weight excluding hydrogens is 491 g/mol. The molecule has 0 aromatic rings. The zero-order valence-electron chi connectivity index (χ0n) is 23.0. The molecule has 212 valence electrons. The zero-order valence-corrected chi connectivity index (χ0v) is 24.0. The summed E-state index contributed by atoms with van der Waals surface area (Å²) in [5.74, 6) is -0.490. The summed E-state index contributed by atoms with van der Waals surface area (Å²) in [4.78, 5) is 14.4. The van der Waals surface area contributed by atoms with Crippen molar-refractivity contribution >= 4 is 14.2 Å². The van der Waals surface area contributed by atoms with Gasteiger partial charge in [0, 0.05) is 30.6 Å². The van der Waals surface area contributed by atoms with Gasteiger partial charge in [0.25, 0.3) is 0 Å². The Morgan fingerprint density at radius 2 is 1.67 bits per heavy atom. The number of carbonyl (C=O) groups excluding carboxylic acids is 1. The molecule has 0 saturated heterocycles. The fraction of sp³-hybridized carbons (Fsp3) is 0.957. The third-order valence-electron chi connectivity index (χ3n) is 5.71. The molecule has 0 amide bonds. The van der Waals surface area contributed by atoms with Crippen molar-refractivity contribution in [3.8, 4) is 0 Å². The number of hydroxylamine groups is 1. The van der Waals surface area contributed by atoms with Crippen LogP contribution >= 0.6 is 8.25 Å². The number of rotatable bonds is 23. The Bertz CT molecular complexity index is 662. The lowest BCUT2D eigenvalue weighted by Crippen LogP contribution is -2.43. The van der Waals surface area contributed by atoms with E-state index in [1.807, 2.05) is 34.6 Å². The van der Waals surface area contributed by atoms with E-state index in [0.29, 0.717) is 13.2 Å². The average Bonchev–Trinajstić information content (AvgIpc) is 2.85. The number of hydrogen-bond acceptors (Lipinski definition) is 10. The smallest absolute Gasteiger partial charge is 0.337 e. The Morgan fingerprint density at radius 3 is 2.17 bits per heavy atom. The Kier molecular flexibility index (Phi) is 20.1. The summed E-state index contributed by atoms with van der Waals surface area (Å²) in [6, 6.07) is -0.976. The molecule has 36 heavy (non-hydrogen) atoms. The van der Waals surface area contributed by atoms with Gasteiger partial charge in [-0.05, 0) is 45.1 Å². The average molecular weight is 539 g/mol. The number of azide groups is 1. The second-order valence-electron chi connectivity index (χ2n) is 8.83. The third kappa shape index (κ3) is 15.8. The largest absolute Gasteiger partial charge is 0.460 e. The van der Waals surface area contributed by atoms with Crippen LogP contribution in [0.15, 0.2) is 5.11 Å². The van der Waals surface area contributed by atoms with Crippen LogP contribution in [0, 0.1) is 0 Å². The quantitative estimate of drug-likeness (QED) is 0.0261. The van der Waals surface area contributed by atoms with E-state index >= 15 is 0 Å². The lowest BCUT2D eigenvalue weighted by atomic mass is 9.97. The van der Waals surface area contributed by atoms with Crippen LogP contribution < -0.4 is 5.48 Å². The summed E-state index contributed by atoms with van der Waals surface area (Å²) < 4.78 is 46.4. The maximum atomic E-state index is 12.8. The molecule has 0 saturated carbocycles. The van der Waals surface area contributed by atoms with Gasteiger partial charge in [0.1, 0.15) is 18.2 Å². The van der Waals surface area contributed by atoms with E-state index in [9.17, 15) is 9.36 Å². The van der Waals surface area contributed by atoms with Crippen LogP contribution in [0.25, 0.3) is 10.4 Å². The number of nitrogens with one attached hydrogen (secondary N) is 1. The van der Waals surface area contributed by atoms with E-state index < -0.39 is 44.3 Å². The minimum Gasteiger partial charge on any atom is -0.460 e. The summed E-state index contributed by atoms with van der Waals surface area (Å²) in [5.41, 5.74) is 11.6. The van der Waals surface area contributed by atoms with Gasteiger partial charge in [-0.1, -0.05) is 45.7 Å². The number of unbranched alkanes of at least 4 members (excludes halogenated alkanes) is 2. The van der Waals surface area contributed by atoms with Gasteiger partial charge in [0.05, 0.1) is 13.2 Å². The normalized spacial score (nSPS) is 16.0. The third-order valence-corrected chi connectivity index (χ3v) is 6.40. The van der Waals surface area contributed by atoms with Gasteiger partial charge < -0.3 is 18.9 Å². The summed E-state index contributed by atoms with van der Waals surface area (Å²) in [5, 5.41) is 3.76. The second-order valence-corrected chi connectivity index (χ2v) is 9.77. The molecule has 5 atom stereocenters. The molecule has 0 bridgehead atoms. The summed E-state index contributed by atoms with van der Waals surface area (Å²) in [6.07, 6.45) is 2.22. The summed E-state index contributed by atoms with van der Waals surface area (Å²) in [6.45, 7) is 13.9. The van der Waals surface area contributed by atoms with Gasteiger partial charge >= 0.3 is 14.2 Å². The SMILES string of the molecule is CCCCOCC(O[C@H](O[PH](=O)ONC(C)(CC)CC)[C@H](COCCCC)N=[N+]=[N-])[C@H](C)OC(C)=O. The lowest BCUT2D eigenvalue weighted by Gasteiger charge is -2.31. The van der Waals surface area contributed by atoms with Crippen molar-refractivity contribution in [2.75, 3.05) is 26.4 Å². The predicted molar refractivity (Wildman–Crippen MR) is 138 cm³/mol. The highest BCUT2D eigenvalue weighted by atomic mass is 31.1. The van der Waals surface area contributed by atoms with E-state index in [1.54, 1.807) is 6.92 Å². The molecule has 0 aliphatic carbocycles. The number of ether oxygens (including phenoxy) is 4. The molecule has 13 heteroatoms. The molecule has 0 radical (unpaired) electrons. The van der Waals surface area contributed by atoms with Gasteiger partial charge in [-0.2, -0.15) is 5.48 Å². The van der Waals surface area contributed by atoms with Gasteiger partial charge in [-0.15, -0.1) is 0 Å². The molecule has 0 rings (SSSR count). The van der Waals surface area contributed by atoms with Gasteiger partial charge in [0.2, 0.25) is 0 Å². The van der Waals surface area contributed by atoms with Crippen molar-refractivity contribution in [3.63, 3.8) is 0 Å².